The molecule has 0 saturated carbocycles. The van der Waals surface area contributed by atoms with Gasteiger partial charge in [0.2, 0.25) is 0 Å². The smallest absolute Gasteiger partial charge is 0.191 e. The number of benzene rings is 1. The molecule has 0 heterocycles. The quantitative estimate of drug-likeness (QED) is 0.325. The highest BCUT2D eigenvalue weighted by molar-refractivity contribution is 14.0. The summed E-state index contributed by atoms with van der Waals surface area (Å²) >= 11 is 5.92. The lowest BCUT2D eigenvalue weighted by Crippen LogP contribution is -2.38. The Labute approximate surface area is 142 Å². The maximum Gasteiger partial charge on any atom is 0.191 e. The van der Waals surface area contributed by atoms with E-state index in [4.69, 9.17) is 21.1 Å². The van der Waals surface area contributed by atoms with Crippen LogP contribution in [0.3, 0.4) is 0 Å². The molecule has 1 rings (SSSR count). The molecule has 0 aliphatic carbocycles. The Hall–Kier alpha value is -0.730. The minimum atomic E-state index is 0. The summed E-state index contributed by atoms with van der Waals surface area (Å²) in [5.74, 6) is 1.47. The number of ether oxygens (including phenoxy) is 2. The first-order chi connectivity index (χ1) is 9.21. The maximum atomic E-state index is 5.92. The third-order valence-corrected chi connectivity index (χ3v) is 2.75. The summed E-state index contributed by atoms with van der Waals surface area (Å²) in [5.41, 5.74) is 1.02. The number of rotatable bonds is 6. The first kappa shape index (κ1) is 19.3. The fourth-order valence-corrected chi connectivity index (χ4v) is 1.70. The maximum absolute atomic E-state index is 5.92. The lowest BCUT2D eigenvalue weighted by atomic mass is 10.2. The lowest BCUT2D eigenvalue weighted by molar-refractivity contribution is 0.203. The molecule has 7 heteroatoms. The van der Waals surface area contributed by atoms with Gasteiger partial charge in [0.15, 0.2) is 5.96 Å². The molecule has 0 saturated heterocycles. The van der Waals surface area contributed by atoms with Gasteiger partial charge in [0.1, 0.15) is 5.75 Å². The minimum Gasteiger partial charge on any atom is -0.496 e. The third kappa shape index (κ3) is 6.62. The van der Waals surface area contributed by atoms with Crippen molar-refractivity contribution in [3.05, 3.63) is 28.8 Å². The fourth-order valence-electron chi connectivity index (χ4n) is 1.54. The monoisotopic (exact) mass is 413 g/mol. The highest BCUT2D eigenvalue weighted by Crippen LogP contribution is 2.22. The number of halogens is 2. The largest absolute Gasteiger partial charge is 0.496 e. The number of nitrogens with zero attached hydrogens (tertiary/aromatic N) is 1. The van der Waals surface area contributed by atoms with Gasteiger partial charge >= 0.3 is 0 Å². The fraction of sp³-hybridized carbons (Fsp3) is 0.462. The second kappa shape index (κ2) is 11.0. The highest BCUT2D eigenvalue weighted by Gasteiger charge is 2.04. The molecule has 0 bridgehead atoms. The van der Waals surface area contributed by atoms with Crippen LogP contribution in [0.5, 0.6) is 5.75 Å². The zero-order chi connectivity index (χ0) is 14.1. The molecule has 0 amide bonds. The molecule has 0 unspecified atom stereocenters. The van der Waals surface area contributed by atoms with Crippen LogP contribution in [-0.2, 0) is 11.3 Å². The second-order valence-electron chi connectivity index (χ2n) is 3.80. The van der Waals surface area contributed by atoms with Crippen molar-refractivity contribution in [2.45, 2.75) is 6.54 Å². The Morgan fingerprint density at radius 2 is 2.05 bits per heavy atom. The summed E-state index contributed by atoms with van der Waals surface area (Å²) in [6.07, 6.45) is 0. The van der Waals surface area contributed by atoms with Crippen molar-refractivity contribution in [1.29, 1.82) is 0 Å². The second-order valence-corrected chi connectivity index (χ2v) is 4.24. The Morgan fingerprint density at radius 1 is 1.30 bits per heavy atom. The van der Waals surface area contributed by atoms with Crippen LogP contribution in [0.1, 0.15) is 5.56 Å². The Balaban J connectivity index is 0.00000361. The summed E-state index contributed by atoms with van der Waals surface area (Å²) in [6.45, 7) is 1.94. The van der Waals surface area contributed by atoms with Crippen LogP contribution in [-0.4, -0.2) is 40.4 Å². The van der Waals surface area contributed by atoms with Crippen LogP contribution in [0.4, 0.5) is 0 Å². The van der Waals surface area contributed by atoms with Crippen LogP contribution in [0.25, 0.3) is 0 Å². The number of hydrogen-bond donors (Lipinski definition) is 2. The summed E-state index contributed by atoms with van der Waals surface area (Å²) in [4.78, 5) is 4.12. The van der Waals surface area contributed by atoms with Gasteiger partial charge in [-0.3, -0.25) is 4.99 Å². The molecule has 20 heavy (non-hydrogen) atoms. The molecular formula is C13H21ClIN3O2. The molecule has 0 aliphatic heterocycles. The Kier molecular flexibility index (Phi) is 10.6. The molecule has 5 nitrogen and oxygen atoms in total. The molecule has 0 aromatic heterocycles. The van der Waals surface area contributed by atoms with Crippen molar-refractivity contribution in [2.24, 2.45) is 4.99 Å². The van der Waals surface area contributed by atoms with Crippen LogP contribution < -0.4 is 15.4 Å². The van der Waals surface area contributed by atoms with Crippen LogP contribution in [0, 0.1) is 0 Å². The summed E-state index contributed by atoms with van der Waals surface area (Å²) < 4.78 is 10.3. The van der Waals surface area contributed by atoms with Gasteiger partial charge in [-0.25, -0.2) is 0 Å². The molecule has 1 aromatic carbocycles. The molecule has 1 aromatic rings. The minimum absolute atomic E-state index is 0. The van der Waals surface area contributed by atoms with Crippen molar-refractivity contribution < 1.29 is 9.47 Å². The molecule has 0 spiro atoms. The summed E-state index contributed by atoms with van der Waals surface area (Å²) in [7, 11) is 5.01. The molecular weight excluding hydrogens is 393 g/mol. The molecule has 0 fully saturated rings. The highest BCUT2D eigenvalue weighted by atomic mass is 127. The summed E-state index contributed by atoms with van der Waals surface area (Å²) in [6, 6.07) is 5.55. The predicted molar refractivity (Wildman–Crippen MR) is 93.5 cm³/mol. The van der Waals surface area contributed by atoms with E-state index >= 15 is 0 Å². The standard InChI is InChI=1S/C13H20ClN3O2.HI/c1-15-13(16-6-7-18-2)17-9-10-4-5-11(14)8-12(10)19-3;/h4-5,8H,6-7,9H2,1-3H3,(H2,15,16,17);1H. The van der Waals surface area contributed by atoms with Gasteiger partial charge < -0.3 is 20.1 Å². The average molecular weight is 414 g/mol. The predicted octanol–water partition coefficient (Wildman–Crippen LogP) is 2.28. The normalized spacial score (nSPS) is 10.7. The van der Waals surface area contributed by atoms with Gasteiger partial charge in [-0.1, -0.05) is 17.7 Å². The van der Waals surface area contributed by atoms with E-state index in [1.807, 2.05) is 12.1 Å². The van der Waals surface area contributed by atoms with Gasteiger partial charge in [-0.05, 0) is 12.1 Å². The number of aliphatic imine (C=N–C) groups is 1. The van der Waals surface area contributed by atoms with Crippen LogP contribution >= 0.6 is 35.6 Å². The van der Waals surface area contributed by atoms with Gasteiger partial charge in [-0.15, -0.1) is 24.0 Å². The van der Waals surface area contributed by atoms with E-state index in [2.05, 4.69) is 15.6 Å². The van der Waals surface area contributed by atoms with E-state index in [-0.39, 0.29) is 24.0 Å². The van der Waals surface area contributed by atoms with E-state index in [0.29, 0.717) is 30.7 Å². The molecule has 0 aliphatic rings. The summed E-state index contributed by atoms with van der Waals surface area (Å²) in [5, 5.41) is 6.99. The average Bonchev–Trinajstić information content (AvgIpc) is 2.43. The van der Waals surface area contributed by atoms with Crippen molar-refractivity contribution in [1.82, 2.24) is 10.6 Å². The third-order valence-electron chi connectivity index (χ3n) is 2.52. The van der Waals surface area contributed by atoms with Crippen LogP contribution in [0.2, 0.25) is 5.02 Å². The van der Waals surface area contributed by atoms with E-state index < -0.39 is 0 Å². The van der Waals surface area contributed by atoms with Crippen molar-refractivity contribution in [2.75, 3.05) is 34.4 Å². The van der Waals surface area contributed by atoms with E-state index in [9.17, 15) is 0 Å². The van der Waals surface area contributed by atoms with Crippen molar-refractivity contribution >= 4 is 41.5 Å². The number of guanidine groups is 1. The molecule has 0 atom stereocenters. The first-order valence-corrected chi connectivity index (χ1v) is 6.35. The van der Waals surface area contributed by atoms with Gasteiger partial charge in [-0.2, -0.15) is 0 Å². The Bertz CT molecular complexity index is 430. The lowest BCUT2D eigenvalue weighted by Gasteiger charge is -2.13. The SMILES string of the molecule is CN=C(NCCOC)NCc1ccc(Cl)cc1OC.I. The van der Waals surface area contributed by atoms with E-state index in [1.54, 1.807) is 27.3 Å². The topological polar surface area (TPSA) is 54.9 Å². The van der Waals surface area contributed by atoms with E-state index in [0.717, 1.165) is 11.3 Å². The van der Waals surface area contributed by atoms with Gasteiger partial charge in [0.05, 0.1) is 13.7 Å². The van der Waals surface area contributed by atoms with Gasteiger partial charge in [0, 0.05) is 37.8 Å². The number of nitrogens with one attached hydrogen (secondary N) is 2. The zero-order valence-corrected chi connectivity index (χ0v) is 15.0. The number of hydrogen-bond acceptors (Lipinski definition) is 3. The van der Waals surface area contributed by atoms with Crippen molar-refractivity contribution in [3.8, 4) is 5.75 Å². The number of methoxy groups -OCH3 is 2. The molecule has 114 valence electrons. The van der Waals surface area contributed by atoms with Crippen molar-refractivity contribution in [3.63, 3.8) is 0 Å². The Morgan fingerprint density at radius 3 is 2.65 bits per heavy atom. The van der Waals surface area contributed by atoms with E-state index in [1.165, 1.54) is 0 Å². The zero-order valence-electron chi connectivity index (χ0n) is 11.9. The molecule has 2 N–H and O–H groups in total. The molecule has 0 radical (unpaired) electrons. The first-order valence-electron chi connectivity index (χ1n) is 5.97. The van der Waals surface area contributed by atoms with Crippen LogP contribution in [0.15, 0.2) is 23.2 Å². The van der Waals surface area contributed by atoms with Gasteiger partial charge in [0.25, 0.3) is 0 Å².